The Morgan fingerprint density at radius 1 is 1.11 bits per heavy atom. The second-order valence-electron chi connectivity index (χ2n) is 6.98. The van der Waals surface area contributed by atoms with E-state index in [1.807, 2.05) is 24.4 Å². The number of hydrogen-bond donors (Lipinski definition) is 0. The van der Waals surface area contributed by atoms with Crippen molar-refractivity contribution in [2.75, 3.05) is 6.54 Å². The van der Waals surface area contributed by atoms with Crippen LogP contribution >= 0.6 is 0 Å². The average molecular weight is 375 g/mol. The number of nitrogens with zero attached hydrogens (tertiary/aromatic N) is 5. The van der Waals surface area contributed by atoms with Gasteiger partial charge >= 0.3 is 0 Å². The van der Waals surface area contributed by atoms with E-state index in [0.717, 1.165) is 48.6 Å². The van der Waals surface area contributed by atoms with Crippen LogP contribution in [0, 0.1) is 5.82 Å². The van der Waals surface area contributed by atoms with E-state index in [9.17, 15) is 4.39 Å². The van der Waals surface area contributed by atoms with Gasteiger partial charge in [0.05, 0.1) is 17.8 Å². The smallest absolute Gasteiger partial charge is 0.244 e. The topological polar surface area (TPSA) is 67.9 Å². The zero-order valence-corrected chi connectivity index (χ0v) is 15.1. The van der Waals surface area contributed by atoms with Gasteiger partial charge in [0.1, 0.15) is 11.5 Å². The van der Waals surface area contributed by atoms with Gasteiger partial charge in [0, 0.05) is 18.1 Å². The first-order valence-corrected chi connectivity index (χ1v) is 9.29. The molecule has 0 spiro atoms. The van der Waals surface area contributed by atoms with Gasteiger partial charge in [-0.2, -0.15) is 4.98 Å². The van der Waals surface area contributed by atoms with Crippen LogP contribution in [0.5, 0.6) is 0 Å². The minimum atomic E-state index is -0.390. The van der Waals surface area contributed by atoms with Gasteiger partial charge in [0.15, 0.2) is 0 Å². The Bertz CT molecular complexity index is 1110. The van der Waals surface area contributed by atoms with Gasteiger partial charge < -0.3 is 4.52 Å². The number of rotatable bonds is 4. The molecule has 140 valence electrons. The molecule has 0 amide bonds. The second-order valence-corrected chi connectivity index (χ2v) is 6.98. The summed E-state index contributed by atoms with van der Waals surface area (Å²) in [5, 5.41) is 5.17. The maximum atomic E-state index is 13.1. The molecule has 4 heterocycles. The Balaban J connectivity index is 1.37. The van der Waals surface area contributed by atoms with Gasteiger partial charge in [0.2, 0.25) is 11.7 Å². The standard InChI is InChI=1S/C21H18FN5O/c22-16-7-8-18(24-12-16)20-25-21(28-26-20)19-6-3-9-27(19)13-14-10-15-4-1-2-5-17(15)23-11-14/h1-2,4-5,7-8,10-12,19H,3,6,9,13H2. The van der Waals surface area contributed by atoms with E-state index in [0.29, 0.717) is 17.4 Å². The number of hydrogen-bond acceptors (Lipinski definition) is 6. The summed E-state index contributed by atoms with van der Waals surface area (Å²) >= 11 is 0. The molecule has 0 bridgehead atoms. The molecule has 0 radical (unpaired) electrons. The van der Waals surface area contributed by atoms with Crippen LogP contribution in [-0.4, -0.2) is 31.6 Å². The molecule has 6 nitrogen and oxygen atoms in total. The van der Waals surface area contributed by atoms with E-state index >= 15 is 0 Å². The molecule has 1 aliphatic rings. The van der Waals surface area contributed by atoms with Crippen LogP contribution in [0.15, 0.2) is 59.4 Å². The van der Waals surface area contributed by atoms with Gasteiger partial charge in [0.25, 0.3) is 0 Å². The predicted molar refractivity (Wildman–Crippen MR) is 102 cm³/mol. The summed E-state index contributed by atoms with van der Waals surface area (Å²) in [5.74, 6) is 0.569. The summed E-state index contributed by atoms with van der Waals surface area (Å²) in [4.78, 5) is 15.4. The van der Waals surface area contributed by atoms with E-state index < -0.39 is 5.82 Å². The molecule has 4 aromatic rings. The Labute approximate surface area is 161 Å². The number of para-hydroxylation sites is 1. The van der Waals surface area contributed by atoms with Gasteiger partial charge in [-0.15, -0.1) is 0 Å². The Morgan fingerprint density at radius 3 is 2.93 bits per heavy atom. The summed E-state index contributed by atoms with van der Waals surface area (Å²) in [5.41, 5.74) is 2.66. The molecule has 0 saturated carbocycles. The number of halogens is 1. The molecule has 0 aliphatic carbocycles. The SMILES string of the molecule is Fc1ccc(-c2noc(C3CCCN3Cc3cnc4ccccc4c3)n2)nc1. The van der Waals surface area contributed by atoms with E-state index in [1.54, 1.807) is 6.07 Å². The lowest BCUT2D eigenvalue weighted by atomic mass is 10.1. The summed E-state index contributed by atoms with van der Waals surface area (Å²) in [6.45, 7) is 1.74. The van der Waals surface area contributed by atoms with Crippen molar-refractivity contribution in [3.8, 4) is 11.5 Å². The first-order chi connectivity index (χ1) is 13.8. The number of pyridine rings is 2. The van der Waals surface area contributed by atoms with Crippen molar-refractivity contribution in [1.82, 2.24) is 25.0 Å². The van der Waals surface area contributed by atoms with Gasteiger partial charge in [-0.3, -0.25) is 9.88 Å². The lowest BCUT2D eigenvalue weighted by Crippen LogP contribution is -2.23. The van der Waals surface area contributed by atoms with Crippen molar-refractivity contribution in [3.05, 3.63) is 72.1 Å². The van der Waals surface area contributed by atoms with Crippen LogP contribution in [0.1, 0.15) is 30.3 Å². The van der Waals surface area contributed by atoms with Crippen molar-refractivity contribution in [2.45, 2.75) is 25.4 Å². The van der Waals surface area contributed by atoms with Crippen LogP contribution in [0.2, 0.25) is 0 Å². The summed E-state index contributed by atoms with van der Waals surface area (Å²) in [6.07, 6.45) is 5.11. The Hall–Kier alpha value is -3.19. The van der Waals surface area contributed by atoms with Gasteiger partial charge in [-0.05, 0) is 49.2 Å². The lowest BCUT2D eigenvalue weighted by Gasteiger charge is -2.21. The molecule has 1 atom stereocenters. The summed E-state index contributed by atoms with van der Waals surface area (Å²) in [7, 11) is 0. The zero-order chi connectivity index (χ0) is 18.9. The molecule has 7 heteroatoms. The fraction of sp³-hybridized carbons (Fsp3) is 0.238. The molecular weight excluding hydrogens is 357 g/mol. The van der Waals surface area contributed by atoms with Gasteiger partial charge in [-0.1, -0.05) is 23.4 Å². The van der Waals surface area contributed by atoms with Crippen molar-refractivity contribution >= 4 is 10.9 Å². The first-order valence-electron chi connectivity index (χ1n) is 9.29. The minimum absolute atomic E-state index is 0.0631. The third kappa shape index (κ3) is 3.25. The second kappa shape index (κ2) is 7.09. The van der Waals surface area contributed by atoms with Crippen molar-refractivity contribution in [2.24, 2.45) is 0 Å². The lowest BCUT2D eigenvalue weighted by molar-refractivity contribution is 0.201. The maximum Gasteiger partial charge on any atom is 0.244 e. The molecule has 1 aliphatic heterocycles. The van der Waals surface area contributed by atoms with Crippen LogP contribution in [0.4, 0.5) is 4.39 Å². The van der Waals surface area contributed by atoms with Crippen molar-refractivity contribution < 1.29 is 8.91 Å². The van der Waals surface area contributed by atoms with E-state index in [2.05, 4.69) is 37.1 Å². The highest BCUT2D eigenvalue weighted by molar-refractivity contribution is 5.78. The molecule has 3 aromatic heterocycles. The molecule has 5 rings (SSSR count). The Kier molecular flexibility index (Phi) is 4.29. The third-order valence-electron chi connectivity index (χ3n) is 5.08. The van der Waals surface area contributed by atoms with Crippen LogP contribution in [0.3, 0.4) is 0 Å². The van der Waals surface area contributed by atoms with Crippen LogP contribution in [-0.2, 0) is 6.54 Å². The van der Waals surface area contributed by atoms with Crippen LogP contribution in [0.25, 0.3) is 22.4 Å². The first kappa shape index (κ1) is 16.9. The molecule has 28 heavy (non-hydrogen) atoms. The monoisotopic (exact) mass is 375 g/mol. The third-order valence-corrected chi connectivity index (χ3v) is 5.08. The molecule has 1 unspecified atom stereocenters. The summed E-state index contributed by atoms with van der Waals surface area (Å²) < 4.78 is 18.6. The predicted octanol–water partition coefficient (Wildman–Crippen LogP) is 4.16. The van der Waals surface area contributed by atoms with Crippen molar-refractivity contribution in [1.29, 1.82) is 0 Å². The summed E-state index contributed by atoms with van der Waals surface area (Å²) in [6, 6.07) is 13.2. The van der Waals surface area contributed by atoms with E-state index in [4.69, 9.17) is 4.52 Å². The van der Waals surface area contributed by atoms with Crippen molar-refractivity contribution in [3.63, 3.8) is 0 Å². The molecular formula is C21H18FN5O. The fourth-order valence-corrected chi connectivity index (χ4v) is 3.72. The van der Waals surface area contributed by atoms with E-state index in [1.165, 1.54) is 6.07 Å². The quantitative estimate of drug-likeness (QED) is 0.534. The molecule has 1 saturated heterocycles. The number of fused-ring (bicyclic) bond motifs is 1. The largest absolute Gasteiger partial charge is 0.337 e. The molecule has 1 fully saturated rings. The van der Waals surface area contributed by atoms with Crippen LogP contribution < -0.4 is 0 Å². The number of likely N-dealkylation sites (tertiary alicyclic amines) is 1. The Morgan fingerprint density at radius 2 is 2.04 bits per heavy atom. The molecule has 1 aromatic carbocycles. The highest BCUT2D eigenvalue weighted by Crippen LogP contribution is 2.33. The maximum absolute atomic E-state index is 13.1. The minimum Gasteiger partial charge on any atom is -0.337 e. The molecule has 0 N–H and O–H groups in total. The highest BCUT2D eigenvalue weighted by atomic mass is 19.1. The fourth-order valence-electron chi connectivity index (χ4n) is 3.72. The van der Waals surface area contributed by atoms with E-state index in [-0.39, 0.29) is 6.04 Å². The number of benzene rings is 1. The normalized spacial score (nSPS) is 17.4. The average Bonchev–Trinajstić information content (AvgIpc) is 3.38. The number of aromatic nitrogens is 4. The highest BCUT2D eigenvalue weighted by Gasteiger charge is 2.31. The zero-order valence-electron chi connectivity index (χ0n) is 15.1. The van der Waals surface area contributed by atoms with Gasteiger partial charge in [-0.25, -0.2) is 9.37 Å².